The number of hydrogen-bond acceptors (Lipinski definition) is 3. The first-order valence-corrected chi connectivity index (χ1v) is 7.34. The van der Waals surface area contributed by atoms with Crippen molar-refractivity contribution in [1.82, 2.24) is 0 Å². The normalized spacial score (nSPS) is 23.1. The minimum absolute atomic E-state index is 0.442. The molecule has 0 aromatic heterocycles. The lowest BCUT2D eigenvalue weighted by Crippen LogP contribution is -2.33. The Morgan fingerprint density at radius 3 is 2.63 bits per heavy atom. The van der Waals surface area contributed by atoms with Gasteiger partial charge in [0.05, 0.1) is 6.10 Å². The Bertz CT molecular complexity index is 373. The summed E-state index contributed by atoms with van der Waals surface area (Å²) in [6, 6.07) is 9.20. The second kappa shape index (κ2) is 6.80. The lowest BCUT2D eigenvalue weighted by molar-refractivity contribution is 0.00598. The zero-order valence-electron chi connectivity index (χ0n) is 12.4. The predicted molar refractivity (Wildman–Crippen MR) is 82.1 cm³/mol. The van der Waals surface area contributed by atoms with Crippen molar-refractivity contribution >= 4 is 11.4 Å². The first-order chi connectivity index (χ1) is 9.19. The third-order valence-electron chi connectivity index (χ3n) is 3.73. The minimum Gasteiger partial charge on any atom is -0.382 e. The molecule has 106 valence electrons. The van der Waals surface area contributed by atoms with Crippen LogP contribution in [0.4, 0.5) is 11.4 Å². The molecule has 0 radical (unpaired) electrons. The molecule has 19 heavy (non-hydrogen) atoms. The van der Waals surface area contributed by atoms with E-state index in [0.29, 0.717) is 12.1 Å². The van der Waals surface area contributed by atoms with Crippen LogP contribution in [0, 0.1) is 0 Å². The molecule has 1 aromatic carbocycles. The van der Waals surface area contributed by atoms with Gasteiger partial charge in [-0.25, -0.2) is 0 Å². The highest BCUT2D eigenvalue weighted by Gasteiger charge is 2.21. The lowest BCUT2D eigenvalue weighted by atomic mass is 10.00. The molecule has 1 fully saturated rings. The van der Waals surface area contributed by atoms with Crippen molar-refractivity contribution in [1.29, 1.82) is 0 Å². The first-order valence-electron chi connectivity index (χ1n) is 7.34. The van der Waals surface area contributed by atoms with Crippen LogP contribution < -0.4 is 10.2 Å². The van der Waals surface area contributed by atoms with Crippen molar-refractivity contribution < 1.29 is 4.74 Å². The molecule has 1 N–H and O–H groups in total. The van der Waals surface area contributed by atoms with Gasteiger partial charge in [-0.3, -0.25) is 0 Å². The third kappa shape index (κ3) is 4.13. The van der Waals surface area contributed by atoms with Crippen molar-refractivity contribution in [2.45, 2.75) is 44.8 Å². The fourth-order valence-electron chi connectivity index (χ4n) is 2.63. The maximum absolute atomic E-state index is 5.79. The molecule has 3 heteroatoms. The summed E-state index contributed by atoms with van der Waals surface area (Å²) in [7, 11) is 4.13. The molecule has 3 nitrogen and oxygen atoms in total. The lowest BCUT2D eigenvalue weighted by Gasteiger charge is -2.30. The van der Waals surface area contributed by atoms with Gasteiger partial charge in [0.1, 0.15) is 0 Å². The molecular formula is C16H26N2O. The average molecular weight is 262 g/mol. The molecule has 1 aliphatic heterocycles. The Kier molecular flexibility index (Phi) is 5.08. The van der Waals surface area contributed by atoms with Crippen LogP contribution in [0.5, 0.6) is 0 Å². The molecule has 2 unspecified atom stereocenters. The fraction of sp³-hybridized carbons (Fsp3) is 0.625. The topological polar surface area (TPSA) is 24.5 Å². The van der Waals surface area contributed by atoms with E-state index in [2.05, 4.69) is 55.5 Å². The molecule has 1 saturated heterocycles. The van der Waals surface area contributed by atoms with E-state index in [1.807, 2.05) is 0 Å². The number of rotatable bonds is 5. The van der Waals surface area contributed by atoms with Crippen LogP contribution in [-0.4, -0.2) is 32.8 Å². The SMILES string of the molecule is CCCC1CC(Nc2ccc(N(C)C)cc2)CCO1. The average Bonchev–Trinajstić information content (AvgIpc) is 2.40. The third-order valence-corrected chi connectivity index (χ3v) is 3.73. The molecule has 2 atom stereocenters. The number of nitrogens with one attached hydrogen (secondary N) is 1. The zero-order chi connectivity index (χ0) is 13.7. The molecule has 0 saturated carbocycles. The van der Waals surface area contributed by atoms with Crippen LogP contribution in [0.2, 0.25) is 0 Å². The maximum atomic E-state index is 5.79. The summed E-state index contributed by atoms with van der Waals surface area (Å²) >= 11 is 0. The van der Waals surface area contributed by atoms with Crippen molar-refractivity contribution in [2.75, 3.05) is 30.9 Å². The van der Waals surface area contributed by atoms with E-state index in [1.165, 1.54) is 24.2 Å². The molecule has 2 rings (SSSR count). The van der Waals surface area contributed by atoms with Crippen LogP contribution in [0.3, 0.4) is 0 Å². The van der Waals surface area contributed by atoms with Gasteiger partial charge in [-0.15, -0.1) is 0 Å². The Morgan fingerprint density at radius 1 is 1.26 bits per heavy atom. The highest BCUT2D eigenvalue weighted by atomic mass is 16.5. The van der Waals surface area contributed by atoms with Gasteiger partial charge >= 0.3 is 0 Å². The van der Waals surface area contributed by atoms with Crippen molar-refractivity contribution in [3.8, 4) is 0 Å². The number of ether oxygens (including phenoxy) is 1. The highest BCUT2D eigenvalue weighted by molar-refractivity contribution is 5.54. The number of anilines is 2. The summed E-state index contributed by atoms with van der Waals surface area (Å²) in [6.07, 6.45) is 5.06. The molecule has 0 spiro atoms. The van der Waals surface area contributed by atoms with Gasteiger partial charge in [0, 0.05) is 38.1 Å². The number of nitrogens with zero attached hydrogens (tertiary/aromatic N) is 1. The summed E-state index contributed by atoms with van der Waals surface area (Å²) in [5.41, 5.74) is 2.45. The molecule has 0 amide bonds. The Labute approximate surface area is 116 Å². The minimum atomic E-state index is 0.442. The quantitative estimate of drug-likeness (QED) is 0.879. The summed E-state index contributed by atoms with van der Waals surface area (Å²) in [6.45, 7) is 3.11. The maximum Gasteiger partial charge on any atom is 0.0594 e. The van der Waals surface area contributed by atoms with Crippen LogP contribution in [0.25, 0.3) is 0 Å². The largest absolute Gasteiger partial charge is 0.382 e. The Morgan fingerprint density at radius 2 is 2.00 bits per heavy atom. The number of hydrogen-bond donors (Lipinski definition) is 1. The smallest absolute Gasteiger partial charge is 0.0594 e. The highest BCUT2D eigenvalue weighted by Crippen LogP contribution is 2.22. The molecule has 1 aromatic rings. The Balaban J connectivity index is 1.89. The fourth-order valence-corrected chi connectivity index (χ4v) is 2.63. The summed E-state index contributed by atoms with van der Waals surface area (Å²) < 4.78 is 5.79. The second-order valence-corrected chi connectivity index (χ2v) is 5.59. The van der Waals surface area contributed by atoms with E-state index in [9.17, 15) is 0 Å². The Hall–Kier alpha value is -1.22. The van der Waals surface area contributed by atoms with Gasteiger partial charge < -0.3 is 15.0 Å². The molecule has 0 bridgehead atoms. The summed E-state index contributed by atoms with van der Waals surface area (Å²) in [4.78, 5) is 2.12. The molecule has 0 aliphatic carbocycles. The van der Waals surface area contributed by atoms with E-state index in [1.54, 1.807) is 0 Å². The van der Waals surface area contributed by atoms with Gasteiger partial charge in [0.2, 0.25) is 0 Å². The molecule has 1 aliphatic rings. The van der Waals surface area contributed by atoms with E-state index in [0.717, 1.165) is 19.4 Å². The monoisotopic (exact) mass is 262 g/mol. The van der Waals surface area contributed by atoms with Crippen LogP contribution in [0.1, 0.15) is 32.6 Å². The van der Waals surface area contributed by atoms with Crippen LogP contribution in [-0.2, 0) is 4.74 Å². The summed E-state index contributed by atoms with van der Waals surface area (Å²) in [5, 5.41) is 3.64. The van der Waals surface area contributed by atoms with Gasteiger partial charge in [-0.2, -0.15) is 0 Å². The van der Waals surface area contributed by atoms with E-state index in [4.69, 9.17) is 4.74 Å². The van der Waals surface area contributed by atoms with E-state index >= 15 is 0 Å². The van der Waals surface area contributed by atoms with Crippen molar-refractivity contribution in [2.24, 2.45) is 0 Å². The van der Waals surface area contributed by atoms with Gasteiger partial charge in [0.25, 0.3) is 0 Å². The number of benzene rings is 1. The van der Waals surface area contributed by atoms with Crippen LogP contribution in [0.15, 0.2) is 24.3 Å². The van der Waals surface area contributed by atoms with E-state index in [-0.39, 0.29) is 0 Å². The van der Waals surface area contributed by atoms with E-state index < -0.39 is 0 Å². The van der Waals surface area contributed by atoms with Crippen molar-refractivity contribution in [3.63, 3.8) is 0 Å². The first kappa shape index (κ1) is 14.2. The standard InChI is InChI=1S/C16H26N2O/c1-4-5-16-12-14(10-11-19-16)17-13-6-8-15(9-7-13)18(2)3/h6-9,14,16-17H,4-5,10-12H2,1-3H3. The molecular weight excluding hydrogens is 236 g/mol. The second-order valence-electron chi connectivity index (χ2n) is 5.59. The van der Waals surface area contributed by atoms with Gasteiger partial charge in [0.15, 0.2) is 0 Å². The van der Waals surface area contributed by atoms with Crippen molar-refractivity contribution in [3.05, 3.63) is 24.3 Å². The van der Waals surface area contributed by atoms with Gasteiger partial charge in [-0.05, 0) is 43.5 Å². The molecule has 1 heterocycles. The van der Waals surface area contributed by atoms with Crippen LogP contribution >= 0.6 is 0 Å². The zero-order valence-corrected chi connectivity index (χ0v) is 12.4. The summed E-state index contributed by atoms with van der Waals surface area (Å²) in [5.74, 6) is 0. The predicted octanol–water partition coefficient (Wildman–Crippen LogP) is 3.51. The van der Waals surface area contributed by atoms with Gasteiger partial charge in [-0.1, -0.05) is 13.3 Å².